The van der Waals surface area contributed by atoms with Crippen molar-refractivity contribution in [3.63, 3.8) is 0 Å². The quantitative estimate of drug-likeness (QED) is 0.659. The summed E-state index contributed by atoms with van der Waals surface area (Å²) in [5, 5.41) is 10.5. The van der Waals surface area contributed by atoms with Crippen molar-refractivity contribution in [2.24, 2.45) is 5.41 Å². The molecule has 0 saturated carbocycles. The second-order valence-corrected chi connectivity index (χ2v) is 3.24. The lowest BCUT2D eigenvalue weighted by Crippen LogP contribution is -2.45. The SMILES string of the molecule is CCC(C#N)(CC)C(=O)NN(C)C. The maximum Gasteiger partial charge on any atom is 0.254 e. The second kappa shape index (κ2) is 4.83. The first kappa shape index (κ1) is 11.9. The average Bonchev–Trinajstić information content (AvgIpc) is 2.07. The summed E-state index contributed by atoms with van der Waals surface area (Å²) >= 11 is 0. The van der Waals surface area contributed by atoms with Crippen LogP contribution >= 0.6 is 0 Å². The van der Waals surface area contributed by atoms with Gasteiger partial charge in [0.15, 0.2) is 0 Å². The highest BCUT2D eigenvalue weighted by molar-refractivity contribution is 5.84. The van der Waals surface area contributed by atoms with Crippen molar-refractivity contribution in [1.82, 2.24) is 10.4 Å². The molecule has 0 spiro atoms. The van der Waals surface area contributed by atoms with Gasteiger partial charge in [-0.05, 0) is 12.8 Å². The zero-order chi connectivity index (χ0) is 10.5. The first-order chi connectivity index (χ1) is 6.02. The molecular formula is C9H17N3O. The van der Waals surface area contributed by atoms with E-state index in [1.54, 1.807) is 19.1 Å². The van der Waals surface area contributed by atoms with E-state index >= 15 is 0 Å². The van der Waals surface area contributed by atoms with Crippen molar-refractivity contribution in [2.75, 3.05) is 14.1 Å². The predicted octanol–water partition coefficient (Wildman–Crippen LogP) is 0.909. The summed E-state index contributed by atoms with van der Waals surface area (Å²) < 4.78 is 0. The van der Waals surface area contributed by atoms with E-state index < -0.39 is 5.41 Å². The number of nitrogens with one attached hydrogen (secondary N) is 1. The lowest BCUT2D eigenvalue weighted by molar-refractivity contribution is -0.132. The van der Waals surface area contributed by atoms with Crippen molar-refractivity contribution in [3.8, 4) is 6.07 Å². The van der Waals surface area contributed by atoms with Gasteiger partial charge in [-0.15, -0.1) is 0 Å². The smallest absolute Gasteiger partial charge is 0.254 e. The summed E-state index contributed by atoms with van der Waals surface area (Å²) in [4.78, 5) is 11.6. The normalized spacial score (nSPS) is 11.1. The topological polar surface area (TPSA) is 56.1 Å². The molecule has 74 valence electrons. The van der Waals surface area contributed by atoms with E-state index in [0.717, 1.165) is 0 Å². The van der Waals surface area contributed by atoms with Crippen LogP contribution in [0.3, 0.4) is 0 Å². The molecule has 0 rings (SSSR count). The molecule has 0 radical (unpaired) electrons. The van der Waals surface area contributed by atoms with Crippen LogP contribution in [0.1, 0.15) is 26.7 Å². The molecule has 0 bridgehead atoms. The highest BCUT2D eigenvalue weighted by Crippen LogP contribution is 2.25. The van der Waals surface area contributed by atoms with Crippen molar-refractivity contribution < 1.29 is 4.79 Å². The zero-order valence-corrected chi connectivity index (χ0v) is 8.72. The van der Waals surface area contributed by atoms with Gasteiger partial charge in [0.05, 0.1) is 6.07 Å². The molecule has 1 N–H and O–H groups in total. The minimum atomic E-state index is -0.871. The Labute approximate surface area is 79.5 Å². The van der Waals surface area contributed by atoms with Gasteiger partial charge in [0.25, 0.3) is 5.91 Å². The second-order valence-electron chi connectivity index (χ2n) is 3.24. The van der Waals surface area contributed by atoms with Crippen LogP contribution in [0.25, 0.3) is 0 Å². The van der Waals surface area contributed by atoms with Crippen LogP contribution in [-0.4, -0.2) is 25.0 Å². The fraction of sp³-hybridized carbons (Fsp3) is 0.778. The van der Waals surface area contributed by atoms with Crippen molar-refractivity contribution in [2.45, 2.75) is 26.7 Å². The molecule has 0 aromatic carbocycles. The van der Waals surface area contributed by atoms with Gasteiger partial charge in [-0.1, -0.05) is 13.8 Å². The minimum absolute atomic E-state index is 0.218. The maximum absolute atomic E-state index is 11.6. The third-order valence-electron chi connectivity index (χ3n) is 2.18. The monoisotopic (exact) mass is 183 g/mol. The van der Waals surface area contributed by atoms with Gasteiger partial charge < -0.3 is 0 Å². The molecule has 0 aliphatic heterocycles. The third kappa shape index (κ3) is 2.71. The first-order valence-electron chi connectivity index (χ1n) is 4.42. The lowest BCUT2D eigenvalue weighted by Gasteiger charge is -2.24. The van der Waals surface area contributed by atoms with Crippen molar-refractivity contribution >= 4 is 5.91 Å². The summed E-state index contributed by atoms with van der Waals surface area (Å²) in [7, 11) is 3.46. The Kier molecular flexibility index (Phi) is 4.43. The summed E-state index contributed by atoms with van der Waals surface area (Å²) in [5.41, 5.74) is 1.74. The maximum atomic E-state index is 11.6. The highest BCUT2D eigenvalue weighted by atomic mass is 16.2. The van der Waals surface area contributed by atoms with E-state index in [-0.39, 0.29) is 5.91 Å². The van der Waals surface area contributed by atoms with Gasteiger partial charge in [-0.3, -0.25) is 10.2 Å². The van der Waals surface area contributed by atoms with Gasteiger partial charge in [0.2, 0.25) is 0 Å². The summed E-state index contributed by atoms with van der Waals surface area (Å²) in [5.74, 6) is -0.218. The molecule has 0 aliphatic carbocycles. The number of hydrogen-bond acceptors (Lipinski definition) is 3. The Hall–Kier alpha value is -1.08. The number of carbonyl (C=O) groups excluding carboxylic acids is 1. The Morgan fingerprint density at radius 3 is 2.15 bits per heavy atom. The van der Waals surface area contributed by atoms with E-state index in [9.17, 15) is 4.79 Å². The number of carbonyl (C=O) groups is 1. The average molecular weight is 183 g/mol. The van der Waals surface area contributed by atoms with Crippen LogP contribution in [0, 0.1) is 16.7 Å². The molecule has 0 aromatic rings. The Morgan fingerprint density at radius 2 is 1.92 bits per heavy atom. The summed E-state index contributed by atoms with van der Waals surface area (Å²) in [6.07, 6.45) is 1.08. The number of rotatable bonds is 4. The fourth-order valence-corrected chi connectivity index (χ4v) is 1.09. The van der Waals surface area contributed by atoms with E-state index in [2.05, 4.69) is 11.5 Å². The van der Waals surface area contributed by atoms with Crippen molar-refractivity contribution in [1.29, 1.82) is 5.26 Å². The number of amides is 1. The molecule has 0 aliphatic rings. The molecule has 0 unspecified atom stereocenters. The fourth-order valence-electron chi connectivity index (χ4n) is 1.09. The Bertz CT molecular complexity index is 213. The molecule has 4 heteroatoms. The molecule has 1 amide bonds. The largest absolute Gasteiger partial charge is 0.288 e. The Morgan fingerprint density at radius 1 is 1.46 bits per heavy atom. The molecule has 0 aromatic heterocycles. The molecule has 0 fully saturated rings. The van der Waals surface area contributed by atoms with Gasteiger partial charge in [-0.2, -0.15) is 5.26 Å². The van der Waals surface area contributed by atoms with Crippen LogP contribution in [0.2, 0.25) is 0 Å². The molecule has 0 saturated heterocycles. The van der Waals surface area contributed by atoms with E-state index in [4.69, 9.17) is 5.26 Å². The van der Waals surface area contributed by atoms with Gasteiger partial charge in [0, 0.05) is 14.1 Å². The number of nitrogens with zero attached hydrogens (tertiary/aromatic N) is 2. The van der Waals surface area contributed by atoms with E-state index in [0.29, 0.717) is 12.8 Å². The third-order valence-corrected chi connectivity index (χ3v) is 2.18. The van der Waals surface area contributed by atoms with E-state index in [1.165, 1.54) is 0 Å². The van der Waals surface area contributed by atoms with Gasteiger partial charge in [0.1, 0.15) is 5.41 Å². The van der Waals surface area contributed by atoms with Crippen LogP contribution in [0.4, 0.5) is 0 Å². The molecular weight excluding hydrogens is 166 g/mol. The Balaban J connectivity index is 4.57. The molecule has 4 nitrogen and oxygen atoms in total. The molecule has 0 atom stereocenters. The van der Waals surface area contributed by atoms with E-state index in [1.807, 2.05) is 13.8 Å². The number of nitriles is 1. The zero-order valence-electron chi connectivity index (χ0n) is 8.72. The first-order valence-corrected chi connectivity index (χ1v) is 4.42. The van der Waals surface area contributed by atoms with Crippen LogP contribution in [-0.2, 0) is 4.79 Å². The predicted molar refractivity (Wildman–Crippen MR) is 50.5 cm³/mol. The summed E-state index contributed by atoms with van der Waals surface area (Å²) in [6, 6.07) is 2.08. The highest BCUT2D eigenvalue weighted by Gasteiger charge is 2.35. The number of hydrazine groups is 1. The van der Waals surface area contributed by atoms with Crippen molar-refractivity contribution in [3.05, 3.63) is 0 Å². The number of hydrogen-bond donors (Lipinski definition) is 1. The molecule has 13 heavy (non-hydrogen) atoms. The molecule has 0 heterocycles. The van der Waals surface area contributed by atoms with Crippen LogP contribution < -0.4 is 5.43 Å². The van der Waals surface area contributed by atoms with Gasteiger partial charge in [-0.25, -0.2) is 5.01 Å². The lowest BCUT2D eigenvalue weighted by atomic mass is 9.83. The van der Waals surface area contributed by atoms with Gasteiger partial charge >= 0.3 is 0 Å². The standard InChI is InChI=1S/C9H17N3O/c1-5-9(6-2,7-10)8(13)11-12(3)4/h5-6H2,1-4H3,(H,11,13). The van der Waals surface area contributed by atoms with Crippen LogP contribution in [0.5, 0.6) is 0 Å². The van der Waals surface area contributed by atoms with Crippen LogP contribution in [0.15, 0.2) is 0 Å². The summed E-state index contributed by atoms with van der Waals surface area (Å²) in [6.45, 7) is 3.70. The minimum Gasteiger partial charge on any atom is -0.288 e.